The van der Waals surface area contributed by atoms with E-state index in [4.69, 9.17) is 9.15 Å². The second kappa shape index (κ2) is 7.27. The highest BCUT2D eigenvalue weighted by atomic mass is 16.5. The van der Waals surface area contributed by atoms with E-state index in [1.54, 1.807) is 23.1 Å². The maximum absolute atomic E-state index is 13.1. The number of hydrogen-bond acceptors (Lipinski definition) is 4. The second-order valence-corrected chi connectivity index (χ2v) is 6.64. The van der Waals surface area contributed by atoms with E-state index in [1.807, 2.05) is 43.3 Å². The van der Waals surface area contributed by atoms with Crippen LogP contribution in [-0.2, 0) is 0 Å². The highest BCUT2D eigenvalue weighted by Gasteiger charge is 2.32. The summed E-state index contributed by atoms with van der Waals surface area (Å²) in [6.07, 6.45) is 1.78. The number of ether oxygens (including phenoxy) is 1. The Bertz CT molecular complexity index is 1020. The summed E-state index contributed by atoms with van der Waals surface area (Å²) in [5.74, 6) is 0.540. The molecule has 0 saturated carbocycles. The Hall–Kier alpha value is -3.08. The van der Waals surface area contributed by atoms with Crippen LogP contribution in [0.4, 0.5) is 0 Å². The average Bonchev–Trinajstić information content (AvgIpc) is 3.17. The van der Waals surface area contributed by atoms with E-state index in [1.165, 1.54) is 0 Å². The van der Waals surface area contributed by atoms with Crippen LogP contribution in [0, 0.1) is 0 Å². The topological polar surface area (TPSA) is 59.8 Å². The number of benzene rings is 2. The number of carbonyl (C=O) groups excluding carboxylic acids is 1. The molecule has 0 unspecified atom stereocenters. The molecule has 0 aliphatic carbocycles. The molecule has 1 aromatic heterocycles. The van der Waals surface area contributed by atoms with Gasteiger partial charge < -0.3 is 14.1 Å². The van der Waals surface area contributed by atoms with Crippen molar-refractivity contribution in [1.29, 1.82) is 0 Å². The van der Waals surface area contributed by atoms with Gasteiger partial charge in [-0.2, -0.15) is 0 Å². The Balaban J connectivity index is 1.64. The van der Waals surface area contributed by atoms with Gasteiger partial charge in [0.1, 0.15) is 16.9 Å². The van der Waals surface area contributed by atoms with Crippen LogP contribution in [0.15, 0.2) is 63.8 Å². The van der Waals surface area contributed by atoms with Gasteiger partial charge in [0.25, 0.3) is 5.91 Å². The first-order valence-electron chi connectivity index (χ1n) is 9.24. The third-order valence-corrected chi connectivity index (χ3v) is 4.96. The third-order valence-electron chi connectivity index (χ3n) is 4.96. The molecule has 0 radical (unpaired) electrons. The molecule has 1 aliphatic rings. The normalized spacial score (nSPS) is 16.6. The molecule has 0 spiro atoms. The first-order chi connectivity index (χ1) is 13.2. The molecule has 2 aromatic carbocycles. The van der Waals surface area contributed by atoms with Crippen LogP contribution < -0.4 is 10.4 Å². The summed E-state index contributed by atoms with van der Waals surface area (Å²) in [5, 5.41) is 0.747. The Morgan fingerprint density at radius 1 is 1.19 bits per heavy atom. The number of nitrogens with zero attached hydrogens (tertiary/aromatic N) is 1. The lowest BCUT2D eigenvalue weighted by molar-refractivity contribution is 0.0731. The van der Waals surface area contributed by atoms with Crippen LogP contribution in [0.5, 0.6) is 5.75 Å². The minimum Gasteiger partial charge on any atom is -0.494 e. The molecule has 1 atom stereocenters. The van der Waals surface area contributed by atoms with Crippen molar-refractivity contribution in [3.8, 4) is 5.75 Å². The van der Waals surface area contributed by atoms with Crippen LogP contribution >= 0.6 is 0 Å². The molecule has 0 bridgehead atoms. The zero-order valence-electron chi connectivity index (χ0n) is 15.2. The molecule has 1 amide bonds. The molecule has 27 heavy (non-hydrogen) atoms. The summed E-state index contributed by atoms with van der Waals surface area (Å²) in [6, 6.07) is 16.6. The fourth-order valence-electron chi connectivity index (χ4n) is 3.67. The number of likely N-dealkylation sites (tertiary alicyclic amines) is 1. The van der Waals surface area contributed by atoms with E-state index in [0.29, 0.717) is 18.7 Å². The second-order valence-electron chi connectivity index (χ2n) is 6.64. The van der Waals surface area contributed by atoms with Gasteiger partial charge in [-0.05, 0) is 49.6 Å². The lowest BCUT2D eigenvalue weighted by atomic mass is 10.0. The predicted octanol–water partition coefficient (Wildman–Crippen LogP) is 4.17. The van der Waals surface area contributed by atoms with E-state index in [2.05, 4.69) is 0 Å². The number of carbonyl (C=O) groups is 1. The SMILES string of the molecule is CCOc1ccc([C@@H]2CCCN2C(=O)c2cc3ccccc3oc2=O)cc1. The average molecular weight is 363 g/mol. The van der Waals surface area contributed by atoms with Crippen molar-refractivity contribution in [2.24, 2.45) is 0 Å². The molecular formula is C22H21NO4. The van der Waals surface area contributed by atoms with Gasteiger partial charge in [0, 0.05) is 11.9 Å². The van der Waals surface area contributed by atoms with Gasteiger partial charge in [-0.15, -0.1) is 0 Å². The van der Waals surface area contributed by atoms with Crippen molar-refractivity contribution in [3.05, 3.63) is 76.1 Å². The number of amides is 1. The number of para-hydroxylation sites is 1. The molecule has 1 aliphatic heterocycles. The summed E-state index contributed by atoms with van der Waals surface area (Å²) in [7, 11) is 0. The van der Waals surface area contributed by atoms with E-state index < -0.39 is 5.63 Å². The summed E-state index contributed by atoms with van der Waals surface area (Å²) in [6.45, 7) is 3.19. The van der Waals surface area contributed by atoms with Gasteiger partial charge in [-0.25, -0.2) is 4.79 Å². The molecule has 4 rings (SSSR count). The van der Waals surface area contributed by atoms with Crippen molar-refractivity contribution < 1.29 is 13.9 Å². The standard InChI is InChI=1S/C22H21NO4/c1-2-26-17-11-9-15(10-12-17)19-7-5-13-23(19)21(24)18-14-16-6-3-4-8-20(16)27-22(18)25/h3-4,6,8-12,14,19H,2,5,7,13H2,1H3/t19-/m0/s1. The summed E-state index contributed by atoms with van der Waals surface area (Å²) in [5.41, 5.74) is 1.04. The Morgan fingerprint density at radius 3 is 2.74 bits per heavy atom. The van der Waals surface area contributed by atoms with Crippen LogP contribution in [0.25, 0.3) is 11.0 Å². The molecule has 2 heterocycles. The Kier molecular flexibility index (Phi) is 4.67. The lowest BCUT2D eigenvalue weighted by Gasteiger charge is -2.25. The maximum atomic E-state index is 13.1. The van der Waals surface area contributed by atoms with Crippen LogP contribution in [-0.4, -0.2) is 24.0 Å². The predicted molar refractivity (Wildman–Crippen MR) is 103 cm³/mol. The minimum atomic E-state index is -0.587. The van der Waals surface area contributed by atoms with E-state index in [0.717, 1.165) is 29.5 Å². The molecule has 3 aromatic rings. The molecule has 1 saturated heterocycles. The van der Waals surface area contributed by atoms with Crippen molar-refractivity contribution in [1.82, 2.24) is 4.90 Å². The summed E-state index contributed by atoms with van der Waals surface area (Å²) in [4.78, 5) is 27.2. The highest BCUT2D eigenvalue weighted by Crippen LogP contribution is 2.33. The zero-order valence-corrected chi connectivity index (χ0v) is 15.2. The molecule has 5 heteroatoms. The van der Waals surface area contributed by atoms with Crippen LogP contribution in [0.3, 0.4) is 0 Å². The Labute approximate surface area is 157 Å². The van der Waals surface area contributed by atoms with Crippen molar-refractivity contribution in [3.63, 3.8) is 0 Å². The molecule has 138 valence electrons. The van der Waals surface area contributed by atoms with Gasteiger partial charge >= 0.3 is 5.63 Å². The molecule has 0 N–H and O–H groups in total. The number of hydrogen-bond donors (Lipinski definition) is 0. The Morgan fingerprint density at radius 2 is 1.96 bits per heavy atom. The van der Waals surface area contributed by atoms with Crippen LogP contribution in [0.2, 0.25) is 0 Å². The molecule has 1 fully saturated rings. The lowest BCUT2D eigenvalue weighted by Crippen LogP contribution is -2.33. The van der Waals surface area contributed by atoms with Gasteiger partial charge in [-0.1, -0.05) is 30.3 Å². The van der Waals surface area contributed by atoms with Gasteiger partial charge in [0.2, 0.25) is 0 Å². The zero-order chi connectivity index (χ0) is 18.8. The van der Waals surface area contributed by atoms with E-state index in [-0.39, 0.29) is 17.5 Å². The summed E-state index contributed by atoms with van der Waals surface area (Å²) < 4.78 is 10.8. The fraction of sp³-hybridized carbons (Fsp3) is 0.273. The number of rotatable bonds is 4. The fourth-order valence-corrected chi connectivity index (χ4v) is 3.67. The molecular weight excluding hydrogens is 342 g/mol. The minimum absolute atomic E-state index is 0.0425. The van der Waals surface area contributed by atoms with E-state index in [9.17, 15) is 9.59 Å². The van der Waals surface area contributed by atoms with Crippen LogP contribution in [0.1, 0.15) is 41.7 Å². The van der Waals surface area contributed by atoms with E-state index >= 15 is 0 Å². The van der Waals surface area contributed by atoms with Gasteiger partial charge in [-0.3, -0.25) is 4.79 Å². The first kappa shape index (κ1) is 17.3. The third kappa shape index (κ3) is 3.33. The summed E-state index contributed by atoms with van der Waals surface area (Å²) >= 11 is 0. The van der Waals surface area contributed by atoms with Crippen molar-refractivity contribution >= 4 is 16.9 Å². The largest absolute Gasteiger partial charge is 0.494 e. The molecule has 5 nitrogen and oxygen atoms in total. The van der Waals surface area contributed by atoms with Crippen molar-refractivity contribution in [2.75, 3.05) is 13.2 Å². The van der Waals surface area contributed by atoms with Crippen molar-refractivity contribution in [2.45, 2.75) is 25.8 Å². The quantitative estimate of drug-likeness (QED) is 0.653. The smallest absolute Gasteiger partial charge is 0.349 e. The monoisotopic (exact) mass is 363 g/mol. The van der Waals surface area contributed by atoms with Gasteiger partial charge in [0.15, 0.2) is 0 Å². The highest BCUT2D eigenvalue weighted by molar-refractivity contribution is 5.97. The first-order valence-corrected chi connectivity index (χ1v) is 9.24. The number of fused-ring (bicyclic) bond motifs is 1. The van der Waals surface area contributed by atoms with Gasteiger partial charge in [0.05, 0.1) is 12.6 Å². The maximum Gasteiger partial charge on any atom is 0.349 e.